The first-order valence-electron chi connectivity index (χ1n) is 4.31. The molecule has 0 unspecified atom stereocenters. The summed E-state index contributed by atoms with van der Waals surface area (Å²) >= 11 is 0. The molecule has 2 atom stereocenters. The van der Waals surface area contributed by atoms with E-state index in [4.69, 9.17) is 10.8 Å². The molecule has 0 aromatic heterocycles. The van der Waals surface area contributed by atoms with Gasteiger partial charge in [0.1, 0.15) is 0 Å². The summed E-state index contributed by atoms with van der Waals surface area (Å²) in [7, 11) is 0. The van der Waals surface area contributed by atoms with Gasteiger partial charge in [0.15, 0.2) is 0 Å². The van der Waals surface area contributed by atoms with Gasteiger partial charge < -0.3 is 10.8 Å². The highest BCUT2D eigenvalue weighted by atomic mass is 19.4. The minimum Gasteiger partial charge on any atom is -0.481 e. The molecule has 0 aromatic carbocycles. The summed E-state index contributed by atoms with van der Waals surface area (Å²) in [6.07, 6.45) is -5.30. The highest BCUT2D eigenvalue weighted by Crippen LogP contribution is 2.32. The lowest BCUT2D eigenvalue weighted by atomic mass is 9.95. The van der Waals surface area contributed by atoms with E-state index in [1.165, 1.54) is 0 Å². The summed E-state index contributed by atoms with van der Waals surface area (Å²) in [6.45, 7) is 1.67. The van der Waals surface area contributed by atoms with Crippen LogP contribution in [0.15, 0.2) is 0 Å². The monoisotopic (exact) mass is 213 g/mol. The Kier molecular flexibility index (Phi) is 4.90. The van der Waals surface area contributed by atoms with Crippen LogP contribution in [0.3, 0.4) is 0 Å². The second kappa shape index (κ2) is 5.19. The average Bonchev–Trinajstić information content (AvgIpc) is 2.00. The van der Waals surface area contributed by atoms with Gasteiger partial charge in [-0.15, -0.1) is 0 Å². The van der Waals surface area contributed by atoms with Gasteiger partial charge in [0.25, 0.3) is 0 Å². The molecule has 0 aliphatic rings. The molecule has 84 valence electrons. The van der Waals surface area contributed by atoms with Crippen molar-refractivity contribution < 1.29 is 23.1 Å². The van der Waals surface area contributed by atoms with Crippen LogP contribution in [0.1, 0.15) is 26.2 Å². The van der Waals surface area contributed by atoms with E-state index >= 15 is 0 Å². The molecule has 3 nitrogen and oxygen atoms in total. The lowest BCUT2D eigenvalue weighted by Crippen LogP contribution is -2.32. The highest BCUT2D eigenvalue weighted by Gasteiger charge is 2.41. The molecule has 0 saturated heterocycles. The maximum atomic E-state index is 12.3. The lowest BCUT2D eigenvalue weighted by Gasteiger charge is -2.21. The van der Waals surface area contributed by atoms with Crippen molar-refractivity contribution in [2.24, 2.45) is 11.7 Å². The zero-order valence-electron chi connectivity index (χ0n) is 7.84. The smallest absolute Gasteiger partial charge is 0.392 e. The normalized spacial score (nSPS) is 16.4. The Balaban J connectivity index is 4.33. The topological polar surface area (TPSA) is 63.3 Å². The molecule has 0 fully saturated rings. The van der Waals surface area contributed by atoms with Crippen molar-refractivity contribution in [2.45, 2.75) is 38.4 Å². The van der Waals surface area contributed by atoms with E-state index in [-0.39, 0.29) is 6.42 Å². The number of halogens is 3. The molecular formula is C8H14F3NO2. The number of nitrogens with two attached hydrogens (primary N) is 1. The number of carbonyl (C=O) groups is 1. The molecule has 0 aromatic rings. The average molecular weight is 213 g/mol. The van der Waals surface area contributed by atoms with Crippen LogP contribution in [0, 0.1) is 5.92 Å². The Labute approximate surface area is 80.1 Å². The standard InChI is InChI=1S/C8H14F3NO2/c1-2-6(12)3-5(4-7(13)14)8(9,10)11/h5-6H,2-4,12H2,1H3,(H,13,14)/t5-,6-/m0/s1. The number of aliphatic carboxylic acids is 1. The van der Waals surface area contributed by atoms with E-state index in [9.17, 15) is 18.0 Å². The fourth-order valence-corrected chi connectivity index (χ4v) is 1.08. The number of rotatable bonds is 5. The van der Waals surface area contributed by atoms with E-state index < -0.39 is 30.5 Å². The zero-order valence-corrected chi connectivity index (χ0v) is 7.84. The minimum absolute atomic E-state index is 0.327. The zero-order chi connectivity index (χ0) is 11.4. The van der Waals surface area contributed by atoms with Crippen LogP contribution in [0.25, 0.3) is 0 Å². The fourth-order valence-electron chi connectivity index (χ4n) is 1.08. The Bertz CT molecular complexity index is 194. The summed E-state index contributed by atoms with van der Waals surface area (Å²) in [5, 5.41) is 8.29. The first kappa shape index (κ1) is 13.2. The molecule has 0 radical (unpaired) electrons. The third-order valence-electron chi connectivity index (χ3n) is 2.00. The summed E-state index contributed by atoms with van der Waals surface area (Å²) in [4.78, 5) is 10.2. The van der Waals surface area contributed by atoms with Crippen molar-refractivity contribution in [3.05, 3.63) is 0 Å². The largest absolute Gasteiger partial charge is 0.481 e. The van der Waals surface area contributed by atoms with Gasteiger partial charge in [0.05, 0.1) is 12.3 Å². The van der Waals surface area contributed by atoms with E-state index in [0.717, 1.165) is 0 Å². The fraction of sp³-hybridized carbons (Fsp3) is 0.875. The van der Waals surface area contributed by atoms with Crippen molar-refractivity contribution in [1.82, 2.24) is 0 Å². The Morgan fingerprint density at radius 1 is 1.50 bits per heavy atom. The predicted octanol–water partition coefficient (Wildman–Crippen LogP) is 1.77. The van der Waals surface area contributed by atoms with Crippen LogP contribution < -0.4 is 5.73 Å². The molecule has 0 amide bonds. The van der Waals surface area contributed by atoms with Gasteiger partial charge in [-0.1, -0.05) is 6.92 Å². The van der Waals surface area contributed by atoms with E-state index in [1.54, 1.807) is 6.92 Å². The van der Waals surface area contributed by atoms with E-state index in [0.29, 0.717) is 6.42 Å². The van der Waals surface area contributed by atoms with Crippen molar-refractivity contribution in [3.63, 3.8) is 0 Å². The quantitative estimate of drug-likeness (QED) is 0.731. The van der Waals surface area contributed by atoms with Crippen molar-refractivity contribution >= 4 is 5.97 Å². The van der Waals surface area contributed by atoms with Crippen molar-refractivity contribution in [2.75, 3.05) is 0 Å². The van der Waals surface area contributed by atoms with Crippen LogP contribution in [-0.2, 0) is 4.79 Å². The van der Waals surface area contributed by atoms with Gasteiger partial charge in [-0.05, 0) is 12.8 Å². The molecule has 14 heavy (non-hydrogen) atoms. The molecule has 0 heterocycles. The minimum atomic E-state index is -4.48. The molecule has 0 bridgehead atoms. The number of hydrogen-bond donors (Lipinski definition) is 2. The number of carboxylic acid groups (broad SMARTS) is 1. The Hall–Kier alpha value is -0.780. The number of alkyl halides is 3. The SMILES string of the molecule is CC[C@H](N)C[C@@H](CC(=O)O)C(F)(F)F. The van der Waals surface area contributed by atoms with Crippen LogP contribution >= 0.6 is 0 Å². The van der Waals surface area contributed by atoms with Crippen molar-refractivity contribution in [1.29, 1.82) is 0 Å². The van der Waals surface area contributed by atoms with Gasteiger partial charge >= 0.3 is 12.1 Å². The summed E-state index contributed by atoms with van der Waals surface area (Å²) in [5.74, 6) is -3.29. The summed E-state index contributed by atoms with van der Waals surface area (Å²) < 4.78 is 36.8. The maximum absolute atomic E-state index is 12.3. The molecule has 3 N–H and O–H groups in total. The highest BCUT2D eigenvalue weighted by molar-refractivity contribution is 5.67. The van der Waals surface area contributed by atoms with Gasteiger partial charge in [-0.25, -0.2) is 0 Å². The number of hydrogen-bond acceptors (Lipinski definition) is 2. The summed E-state index contributed by atoms with van der Waals surface area (Å²) in [6, 6.07) is -0.596. The third kappa shape index (κ3) is 5.06. The van der Waals surface area contributed by atoms with Gasteiger partial charge in [0.2, 0.25) is 0 Å². The Morgan fingerprint density at radius 3 is 2.29 bits per heavy atom. The third-order valence-corrected chi connectivity index (χ3v) is 2.00. The second-order valence-electron chi connectivity index (χ2n) is 3.24. The van der Waals surface area contributed by atoms with Crippen molar-refractivity contribution in [3.8, 4) is 0 Å². The molecule has 0 spiro atoms. The maximum Gasteiger partial charge on any atom is 0.392 e. The Morgan fingerprint density at radius 2 is 2.00 bits per heavy atom. The molecule has 0 saturated carbocycles. The lowest BCUT2D eigenvalue weighted by molar-refractivity contribution is -0.185. The second-order valence-corrected chi connectivity index (χ2v) is 3.24. The molecule has 0 rings (SSSR count). The number of carboxylic acids is 1. The van der Waals surface area contributed by atoms with Crippen LogP contribution in [-0.4, -0.2) is 23.3 Å². The van der Waals surface area contributed by atoms with E-state index in [2.05, 4.69) is 0 Å². The molecule has 0 aliphatic carbocycles. The van der Waals surface area contributed by atoms with Crippen LogP contribution in [0.5, 0.6) is 0 Å². The molecule has 0 aliphatic heterocycles. The molecule has 6 heteroatoms. The van der Waals surface area contributed by atoms with Crippen LogP contribution in [0.4, 0.5) is 13.2 Å². The van der Waals surface area contributed by atoms with E-state index in [1.807, 2.05) is 0 Å². The van der Waals surface area contributed by atoms with Gasteiger partial charge in [-0.2, -0.15) is 13.2 Å². The van der Waals surface area contributed by atoms with Gasteiger partial charge in [-0.3, -0.25) is 4.79 Å². The molecular weight excluding hydrogens is 199 g/mol. The van der Waals surface area contributed by atoms with Crippen LogP contribution in [0.2, 0.25) is 0 Å². The van der Waals surface area contributed by atoms with Gasteiger partial charge in [0, 0.05) is 6.04 Å². The first-order valence-corrected chi connectivity index (χ1v) is 4.31. The summed E-state index contributed by atoms with van der Waals surface area (Å²) in [5.41, 5.74) is 5.35. The first-order chi connectivity index (χ1) is 6.27. The predicted molar refractivity (Wildman–Crippen MR) is 44.7 cm³/mol.